The summed E-state index contributed by atoms with van der Waals surface area (Å²) in [5.74, 6) is 4.25. The van der Waals surface area contributed by atoms with Crippen molar-refractivity contribution in [2.24, 2.45) is 4.99 Å². The zero-order valence-corrected chi connectivity index (χ0v) is 81.7. The summed E-state index contributed by atoms with van der Waals surface area (Å²) in [5.41, 5.74) is 46.2. The molecule has 1 aliphatic heterocycles. The lowest BCUT2D eigenvalue weighted by Gasteiger charge is -2.18. The van der Waals surface area contributed by atoms with Gasteiger partial charge in [0.05, 0.1) is 10.4 Å². The number of nitrogens with two attached hydrogens (primary N) is 6. The number of halogens is 1. The maximum Gasteiger partial charge on any atom is 0.276 e. The van der Waals surface area contributed by atoms with Crippen molar-refractivity contribution in [1.82, 2.24) is 98.1 Å². The van der Waals surface area contributed by atoms with E-state index in [1.54, 1.807) is 43.6 Å². The van der Waals surface area contributed by atoms with E-state index in [0.717, 1.165) is 75.9 Å². The number of aryl methyl sites for hydroxylation is 1. The summed E-state index contributed by atoms with van der Waals surface area (Å²) in [5, 5.41) is 70.6. The highest BCUT2D eigenvalue weighted by molar-refractivity contribution is 7.13. The highest BCUT2D eigenvalue weighted by Gasteiger charge is 2.31. The molecular weight excluding hydrogens is 1900 g/mol. The Morgan fingerprint density at radius 3 is 0.959 bits per heavy atom. The molecule has 768 valence electrons. The molecule has 0 radical (unpaired) electrons. The number of anilines is 6. The summed E-state index contributed by atoms with van der Waals surface area (Å²) in [6.45, 7) is 10.6. The van der Waals surface area contributed by atoms with Crippen molar-refractivity contribution in [2.45, 2.75) is 228 Å². The van der Waals surface area contributed by atoms with Gasteiger partial charge >= 0.3 is 0 Å². The van der Waals surface area contributed by atoms with Crippen LogP contribution in [0.1, 0.15) is 274 Å². The zero-order valence-electron chi connectivity index (χ0n) is 80.1. The first kappa shape index (κ1) is 112. The predicted molar refractivity (Wildman–Crippen MR) is 560 cm³/mol. The first-order chi connectivity index (χ1) is 69.0. The molecule has 2 saturated carbocycles. The fraction of sp³-hybridized carbons (Fsp3) is 0.333. The second-order valence-electron chi connectivity index (χ2n) is 34.5. The van der Waals surface area contributed by atoms with Crippen molar-refractivity contribution in [3.63, 3.8) is 0 Å². The maximum atomic E-state index is 14.1. The van der Waals surface area contributed by atoms with Crippen molar-refractivity contribution in [3.8, 4) is 33.1 Å². The number of carbonyl (C=O) groups excluding carboxylic acids is 6. The number of nitrogen functional groups attached to an aromatic ring is 6. The zero-order chi connectivity index (χ0) is 101. The summed E-state index contributed by atoms with van der Waals surface area (Å²) in [4.78, 5) is 78.3. The topological polar surface area (TPSA) is 589 Å². The van der Waals surface area contributed by atoms with Crippen LogP contribution in [0, 0.1) is 12.7 Å². The number of aromatic nitrogens is 13. The van der Waals surface area contributed by atoms with Gasteiger partial charge in [-0.1, -0.05) is 146 Å². The van der Waals surface area contributed by atoms with Gasteiger partial charge in [0.1, 0.15) is 47.8 Å². The third-order valence-corrected chi connectivity index (χ3v) is 24.3. The highest BCUT2D eigenvalue weighted by atomic mass is 32.1. The molecule has 41 heteroatoms. The van der Waals surface area contributed by atoms with E-state index < -0.39 is 23.9 Å². The Morgan fingerprint density at radius 2 is 0.658 bits per heavy atom. The van der Waals surface area contributed by atoms with Gasteiger partial charge in [-0.05, 0) is 174 Å². The molecule has 18 rings (SSSR count). The first-order valence-electron chi connectivity index (χ1n) is 46.6. The van der Waals surface area contributed by atoms with E-state index in [4.69, 9.17) is 60.9 Å². The molecule has 0 spiro atoms. The van der Waals surface area contributed by atoms with Gasteiger partial charge in [0, 0.05) is 150 Å². The number of thiazole rings is 1. The monoisotopic (exact) mass is 2030 g/mol. The lowest BCUT2D eigenvalue weighted by molar-refractivity contribution is -0.120. The molecule has 6 atom stereocenters. The Morgan fingerprint density at radius 1 is 0.356 bits per heavy atom. The van der Waals surface area contributed by atoms with Crippen molar-refractivity contribution in [2.75, 3.05) is 34.4 Å². The van der Waals surface area contributed by atoms with Crippen LogP contribution in [-0.4, -0.2) is 108 Å². The number of benzene rings is 7. The largest absolute Gasteiger partial charge is 0.423 e. The summed E-state index contributed by atoms with van der Waals surface area (Å²) in [6, 6.07) is 51.1. The minimum absolute atomic E-state index is 0. The highest BCUT2D eigenvalue weighted by Crippen LogP contribution is 2.37. The van der Waals surface area contributed by atoms with E-state index in [2.05, 4.69) is 103 Å². The Labute approximate surface area is 854 Å². The molecule has 2 aliphatic carbocycles. The van der Waals surface area contributed by atoms with E-state index in [1.807, 2.05) is 162 Å². The fourth-order valence-corrected chi connectivity index (χ4v) is 16.9. The normalized spacial score (nSPS) is 13.7. The molecule has 7 aromatic carbocycles. The van der Waals surface area contributed by atoms with Gasteiger partial charge in [0.25, 0.3) is 23.6 Å². The van der Waals surface area contributed by atoms with E-state index in [1.165, 1.54) is 109 Å². The van der Waals surface area contributed by atoms with Crippen LogP contribution in [0.15, 0.2) is 230 Å². The molecule has 6 amide bonds. The Hall–Kier alpha value is -16.3. The smallest absolute Gasteiger partial charge is 0.276 e. The van der Waals surface area contributed by atoms with Gasteiger partial charge in [-0.3, -0.25) is 33.8 Å². The van der Waals surface area contributed by atoms with Crippen molar-refractivity contribution >= 4 is 104 Å². The van der Waals surface area contributed by atoms with Gasteiger partial charge in [-0.25, -0.2) is 9.37 Å². The first-order valence-corrected chi connectivity index (χ1v) is 48.4. The lowest BCUT2D eigenvalue weighted by atomic mass is 9.89. The van der Waals surface area contributed by atoms with E-state index >= 15 is 0 Å². The minimum Gasteiger partial charge on any atom is -0.423 e. The SMILES string of the molecule is C.C.C.CC(=O)N[C@@H](Cc1ccc(N)cc1)c1nnc(-c2ccc(C)cc2F)o1.CC(=O)N[C@@H](Cc1ccc(N)cc1)c1nnc(-c2cccs2)o1.CC(=O)N[C@@H](Cc1ccc(N)cc1)c1nnc(-c2nccs2)o1.CC(=O)N[C@@H](Cc1ccc(N)cc1)c1nnc(C2=CCC=N2)o1.CC(=O)N[C@@H](Cc1ccc(N)cc1)c1nnc(C2CCCCC2)o1.CC(=O)N[C@@H](Cc1ccc(N)cc1)c1nnc(C2CCCCC2)o1. The van der Waals surface area contributed by atoms with Crippen molar-refractivity contribution < 1.29 is 59.7 Å². The standard InChI is InChI=1S/C19H19FN4O2.2C18H24N4O2.C16H17N5O2.C16H16N4O2S.C15H15N5O2S.3CH4/c1-11-3-8-15(16(20)9-11)18-23-24-19(26-18)17(22-12(2)25)10-13-4-6-14(21)7-5-13;2*1-12(23)20-16(11-13-7-9-15(19)10-8-13)18-22-21-17(24-18)14-5-3-2-4-6-14;1-10(22)19-14(9-11-4-6-12(17)7-5-11)16-21-20-15(23-16)13-3-2-8-18-13;1-10(21)18-13(9-11-4-6-12(17)7-5-11)15-19-20-16(22-15)14-3-2-8-23-14;1-9(21)18-12(8-10-2-4-11(16)5-3-10)13-19-20-14(22-13)15-17-6-7-23-15;;;/h3-9,17H,10,21H2,1-2H3,(H,22,25);2*7-10,14,16H,2-6,11,19H2,1H3,(H,20,23);3-8,14H,2,9,17H2,1H3,(H,19,22);2-8,13H,9,17H2,1H3,(H,18,21);2-7,12H,8,16H2,1H3,(H,18,21);3*1H4/t17-;2*16-;14-;13-;12-;;;/m000000.../s1. The van der Waals surface area contributed by atoms with Crippen LogP contribution >= 0.6 is 22.7 Å². The summed E-state index contributed by atoms with van der Waals surface area (Å²) >= 11 is 2.94. The number of hydrogen-bond donors (Lipinski definition) is 12. The molecule has 0 unspecified atom stereocenters. The third-order valence-electron chi connectivity index (χ3n) is 22.7. The molecule has 0 saturated heterocycles. The molecule has 146 heavy (non-hydrogen) atoms. The summed E-state index contributed by atoms with van der Waals surface area (Å²) < 4.78 is 48.7. The minimum atomic E-state index is -0.522. The van der Waals surface area contributed by atoms with Crippen LogP contribution in [0.25, 0.3) is 38.8 Å². The number of amides is 6. The number of rotatable bonds is 30. The number of nitrogens with zero attached hydrogens (tertiary/aromatic N) is 14. The second-order valence-corrected chi connectivity index (χ2v) is 36.4. The molecule has 3 aliphatic rings. The van der Waals surface area contributed by atoms with Gasteiger partial charge in [0.15, 0.2) is 5.01 Å². The van der Waals surface area contributed by atoms with Crippen LogP contribution in [0.3, 0.4) is 0 Å². The lowest BCUT2D eigenvalue weighted by Crippen LogP contribution is -2.28. The van der Waals surface area contributed by atoms with Crippen molar-refractivity contribution in [3.05, 3.63) is 297 Å². The Balaban J connectivity index is 0.000000179. The summed E-state index contributed by atoms with van der Waals surface area (Å²) in [7, 11) is 0. The number of aliphatic imine (C=N–C) groups is 1. The van der Waals surface area contributed by atoms with Gasteiger partial charge in [0.2, 0.25) is 82.6 Å². The van der Waals surface area contributed by atoms with E-state index in [0.29, 0.717) is 154 Å². The number of hydrogen-bond acceptors (Lipinski definition) is 34. The molecule has 38 nitrogen and oxygen atoms in total. The molecular formula is C105H127FN26O12S2. The van der Waals surface area contributed by atoms with E-state index in [-0.39, 0.29) is 93.2 Å². The molecule has 15 aromatic rings. The molecule has 0 bridgehead atoms. The average Bonchev–Trinajstić information content (AvgIpc) is 1.65. The van der Waals surface area contributed by atoms with Gasteiger partial charge in [-0.2, -0.15) is 0 Å². The molecule has 8 aromatic heterocycles. The van der Waals surface area contributed by atoms with Crippen LogP contribution < -0.4 is 66.3 Å². The van der Waals surface area contributed by atoms with Crippen LogP contribution in [-0.2, 0) is 67.3 Å². The molecule has 18 N–H and O–H groups in total. The number of carbonyl (C=O) groups is 6. The Kier molecular flexibility index (Phi) is 42.3. The summed E-state index contributed by atoms with van der Waals surface area (Å²) in [6.07, 6.45) is 21.2. The molecule has 9 heterocycles. The fourth-order valence-electron chi connectivity index (χ4n) is 15.7. The second kappa shape index (κ2) is 55.3. The average molecular weight is 2030 g/mol. The number of allylic oxidation sites excluding steroid dienone is 1. The van der Waals surface area contributed by atoms with Crippen LogP contribution in [0.4, 0.5) is 38.5 Å². The van der Waals surface area contributed by atoms with E-state index in [9.17, 15) is 33.2 Å². The number of thiophene rings is 1. The van der Waals surface area contributed by atoms with Crippen molar-refractivity contribution in [1.29, 1.82) is 0 Å². The van der Waals surface area contributed by atoms with Gasteiger partial charge < -0.3 is 92.8 Å². The quantitative estimate of drug-likeness (QED) is 0.0186. The van der Waals surface area contributed by atoms with Crippen LogP contribution in [0.5, 0.6) is 0 Å². The predicted octanol–water partition coefficient (Wildman–Crippen LogP) is 18.2. The third kappa shape index (κ3) is 34.5. The molecule has 2 fully saturated rings. The Bertz CT molecular complexity index is 6400. The maximum absolute atomic E-state index is 14.1. The van der Waals surface area contributed by atoms with Crippen LogP contribution in [0.2, 0.25) is 0 Å². The van der Waals surface area contributed by atoms with Gasteiger partial charge in [-0.15, -0.1) is 83.9 Å². The number of nitrogens with one attached hydrogen (secondary N) is 6.